The second kappa shape index (κ2) is 7.99. The van der Waals surface area contributed by atoms with E-state index in [1.54, 1.807) is 30.5 Å². The zero-order chi connectivity index (χ0) is 18.5. The molecule has 1 N–H and O–H groups in total. The molecule has 0 unspecified atom stereocenters. The number of nitrogens with zero attached hydrogens (tertiary/aromatic N) is 2. The third-order valence-corrected chi connectivity index (χ3v) is 4.63. The number of hydrogen-bond donors (Lipinski definition) is 1. The quantitative estimate of drug-likeness (QED) is 0.852. The van der Waals surface area contributed by atoms with E-state index in [9.17, 15) is 9.59 Å². The predicted octanol–water partition coefficient (Wildman–Crippen LogP) is 3.48. The average molecular weight is 353 g/mol. The fourth-order valence-electron chi connectivity index (χ4n) is 2.98. The highest BCUT2D eigenvalue weighted by Gasteiger charge is 2.22. The zero-order valence-corrected chi connectivity index (χ0v) is 15.1. The summed E-state index contributed by atoms with van der Waals surface area (Å²) in [5.41, 5.74) is 2.42. The van der Waals surface area contributed by atoms with Gasteiger partial charge >= 0.3 is 5.97 Å². The van der Waals surface area contributed by atoms with Crippen LogP contribution in [0.2, 0.25) is 0 Å². The van der Waals surface area contributed by atoms with Gasteiger partial charge in [-0.1, -0.05) is 13.0 Å². The Hall–Kier alpha value is -2.89. The standard InChI is InChI=1S/C20H23N3O3/c1-14-8-10-23(11-9-14)19(24)18-7-6-17(13-21-18)22-16-5-3-4-15(12-16)20(25)26-2/h3-7,12-14,22H,8-11H2,1-2H3. The number of likely N-dealkylation sites (tertiary alicyclic amines) is 1. The van der Waals surface area contributed by atoms with E-state index < -0.39 is 0 Å². The van der Waals surface area contributed by atoms with Crippen LogP contribution in [0.3, 0.4) is 0 Å². The number of esters is 1. The van der Waals surface area contributed by atoms with E-state index in [4.69, 9.17) is 4.74 Å². The van der Waals surface area contributed by atoms with Gasteiger partial charge < -0.3 is 15.0 Å². The van der Waals surface area contributed by atoms with Gasteiger partial charge in [-0.05, 0) is 49.1 Å². The number of amides is 1. The van der Waals surface area contributed by atoms with E-state index in [1.807, 2.05) is 17.0 Å². The maximum Gasteiger partial charge on any atom is 0.337 e. The number of carbonyl (C=O) groups excluding carboxylic acids is 2. The molecule has 1 fully saturated rings. The van der Waals surface area contributed by atoms with Gasteiger partial charge in [-0.25, -0.2) is 9.78 Å². The van der Waals surface area contributed by atoms with E-state index in [1.165, 1.54) is 7.11 Å². The van der Waals surface area contributed by atoms with Crippen molar-refractivity contribution in [2.75, 3.05) is 25.5 Å². The lowest BCUT2D eigenvalue weighted by Crippen LogP contribution is -2.38. The van der Waals surface area contributed by atoms with E-state index in [-0.39, 0.29) is 11.9 Å². The van der Waals surface area contributed by atoms with Gasteiger partial charge in [0.25, 0.3) is 5.91 Å². The van der Waals surface area contributed by atoms with E-state index in [0.29, 0.717) is 17.2 Å². The molecule has 1 aliphatic rings. The van der Waals surface area contributed by atoms with Gasteiger partial charge in [-0.15, -0.1) is 0 Å². The molecule has 1 saturated heterocycles. The van der Waals surface area contributed by atoms with Crippen molar-refractivity contribution in [3.8, 4) is 0 Å². The van der Waals surface area contributed by atoms with Gasteiger partial charge in [0.05, 0.1) is 24.6 Å². The summed E-state index contributed by atoms with van der Waals surface area (Å²) >= 11 is 0. The van der Waals surface area contributed by atoms with Crippen LogP contribution >= 0.6 is 0 Å². The number of carbonyl (C=O) groups is 2. The number of nitrogens with one attached hydrogen (secondary N) is 1. The summed E-state index contributed by atoms with van der Waals surface area (Å²) < 4.78 is 4.73. The van der Waals surface area contributed by atoms with Crippen molar-refractivity contribution in [1.82, 2.24) is 9.88 Å². The number of piperidine rings is 1. The normalized spacial score (nSPS) is 14.8. The molecule has 1 aliphatic heterocycles. The minimum absolute atomic E-state index is 0.0175. The zero-order valence-electron chi connectivity index (χ0n) is 15.1. The van der Waals surface area contributed by atoms with Crippen LogP contribution in [-0.4, -0.2) is 42.0 Å². The molecule has 0 bridgehead atoms. The first-order chi connectivity index (χ1) is 12.6. The number of aromatic nitrogens is 1. The van der Waals surface area contributed by atoms with Crippen LogP contribution in [0, 0.1) is 5.92 Å². The van der Waals surface area contributed by atoms with Gasteiger partial charge in [0.15, 0.2) is 0 Å². The predicted molar refractivity (Wildman–Crippen MR) is 99.6 cm³/mol. The molecule has 0 radical (unpaired) electrons. The minimum atomic E-state index is -0.386. The van der Waals surface area contributed by atoms with Crippen LogP contribution in [0.25, 0.3) is 0 Å². The Balaban J connectivity index is 1.66. The third-order valence-electron chi connectivity index (χ3n) is 4.63. The fraction of sp³-hybridized carbons (Fsp3) is 0.350. The Labute approximate surface area is 153 Å². The second-order valence-corrected chi connectivity index (χ2v) is 6.60. The van der Waals surface area contributed by atoms with Crippen molar-refractivity contribution >= 4 is 23.3 Å². The highest BCUT2D eigenvalue weighted by Crippen LogP contribution is 2.20. The molecule has 1 amide bonds. The van der Waals surface area contributed by atoms with Gasteiger partial charge in [-0.3, -0.25) is 4.79 Å². The summed E-state index contributed by atoms with van der Waals surface area (Å²) in [5, 5.41) is 3.18. The molecular formula is C20H23N3O3. The van der Waals surface area contributed by atoms with Crippen LogP contribution < -0.4 is 5.32 Å². The Kier molecular flexibility index (Phi) is 5.51. The van der Waals surface area contributed by atoms with Crippen molar-refractivity contribution in [2.45, 2.75) is 19.8 Å². The molecule has 0 saturated carbocycles. The first-order valence-electron chi connectivity index (χ1n) is 8.77. The van der Waals surface area contributed by atoms with Crippen LogP contribution in [-0.2, 0) is 4.74 Å². The molecule has 6 heteroatoms. The number of anilines is 2. The van der Waals surface area contributed by atoms with Crippen LogP contribution in [0.5, 0.6) is 0 Å². The monoisotopic (exact) mass is 353 g/mol. The Morgan fingerprint density at radius 3 is 2.58 bits per heavy atom. The van der Waals surface area contributed by atoms with Gasteiger partial charge in [0, 0.05) is 18.8 Å². The van der Waals surface area contributed by atoms with Crippen LogP contribution in [0.4, 0.5) is 11.4 Å². The Morgan fingerprint density at radius 1 is 1.15 bits per heavy atom. The number of pyridine rings is 1. The molecule has 1 aromatic carbocycles. The molecule has 2 heterocycles. The summed E-state index contributed by atoms with van der Waals surface area (Å²) in [6.45, 7) is 3.81. The molecule has 136 valence electrons. The first kappa shape index (κ1) is 17.9. The van der Waals surface area contributed by atoms with Gasteiger partial charge in [0.2, 0.25) is 0 Å². The van der Waals surface area contributed by atoms with Crippen LogP contribution in [0.15, 0.2) is 42.6 Å². The molecule has 3 rings (SSSR count). The van der Waals surface area contributed by atoms with Crippen molar-refractivity contribution in [3.05, 3.63) is 53.9 Å². The summed E-state index contributed by atoms with van der Waals surface area (Å²) in [6, 6.07) is 10.6. The third kappa shape index (κ3) is 4.20. The SMILES string of the molecule is COC(=O)c1cccc(Nc2ccc(C(=O)N3CCC(C)CC3)nc2)c1. The summed E-state index contributed by atoms with van der Waals surface area (Å²) in [7, 11) is 1.35. The number of methoxy groups -OCH3 is 1. The number of benzene rings is 1. The van der Waals surface area contributed by atoms with Crippen molar-refractivity contribution < 1.29 is 14.3 Å². The van der Waals surface area contributed by atoms with E-state index in [2.05, 4.69) is 17.2 Å². The molecule has 1 aromatic heterocycles. The summed E-state index contributed by atoms with van der Waals surface area (Å²) in [4.78, 5) is 30.3. The molecule has 6 nitrogen and oxygen atoms in total. The smallest absolute Gasteiger partial charge is 0.337 e. The number of ether oxygens (including phenoxy) is 1. The summed E-state index contributed by atoms with van der Waals surface area (Å²) in [5.74, 6) is 0.277. The fourth-order valence-corrected chi connectivity index (χ4v) is 2.98. The Bertz CT molecular complexity index is 781. The lowest BCUT2D eigenvalue weighted by atomic mass is 9.99. The van der Waals surface area contributed by atoms with E-state index >= 15 is 0 Å². The maximum absolute atomic E-state index is 12.5. The van der Waals surface area contributed by atoms with Crippen molar-refractivity contribution in [2.24, 2.45) is 5.92 Å². The molecule has 2 aromatic rings. The Morgan fingerprint density at radius 2 is 1.92 bits per heavy atom. The largest absolute Gasteiger partial charge is 0.465 e. The van der Waals surface area contributed by atoms with Gasteiger partial charge in [-0.2, -0.15) is 0 Å². The summed E-state index contributed by atoms with van der Waals surface area (Å²) in [6.07, 6.45) is 3.72. The highest BCUT2D eigenvalue weighted by molar-refractivity contribution is 5.93. The molecule has 26 heavy (non-hydrogen) atoms. The lowest BCUT2D eigenvalue weighted by Gasteiger charge is -2.30. The molecule has 0 atom stereocenters. The first-order valence-corrected chi connectivity index (χ1v) is 8.77. The lowest BCUT2D eigenvalue weighted by molar-refractivity contribution is 0.0600. The number of hydrogen-bond acceptors (Lipinski definition) is 5. The number of rotatable bonds is 4. The highest BCUT2D eigenvalue weighted by atomic mass is 16.5. The molecular weight excluding hydrogens is 330 g/mol. The average Bonchev–Trinajstić information content (AvgIpc) is 2.68. The van der Waals surface area contributed by atoms with Crippen molar-refractivity contribution in [3.63, 3.8) is 0 Å². The maximum atomic E-state index is 12.5. The second-order valence-electron chi connectivity index (χ2n) is 6.60. The minimum Gasteiger partial charge on any atom is -0.465 e. The van der Waals surface area contributed by atoms with E-state index in [0.717, 1.165) is 37.3 Å². The van der Waals surface area contributed by atoms with Crippen molar-refractivity contribution in [1.29, 1.82) is 0 Å². The van der Waals surface area contributed by atoms with Gasteiger partial charge in [0.1, 0.15) is 5.69 Å². The topological polar surface area (TPSA) is 71.5 Å². The van der Waals surface area contributed by atoms with Crippen LogP contribution in [0.1, 0.15) is 40.6 Å². The molecule has 0 spiro atoms. The molecule has 0 aliphatic carbocycles.